The lowest BCUT2D eigenvalue weighted by atomic mass is 10.3. The van der Waals surface area contributed by atoms with Crippen molar-refractivity contribution in [1.29, 1.82) is 0 Å². The third-order valence-corrected chi connectivity index (χ3v) is 5.42. The summed E-state index contributed by atoms with van der Waals surface area (Å²) >= 11 is 3.48. The van der Waals surface area contributed by atoms with Gasteiger partial charge < -0.3 is 20.4 Å². The zero-order chi connectivity index (χ0) is 18.4. The molecule has 8 heteroatoms. The maximum Gasteiger partial charge on any atom is 0.244 e. The SMILES string of the molecule is CCNC(=NCC(=O)N1CCCC1)NC1CCN(c2ccc(Br)cc2)C1.I. The molecule has 6 nitrogen and oxygen atoms in total. The fraction of sp³-hybridized carbons (Fsp3) is 0.579. The molecule has 0 spiro atoms. The summed E-state index contributed by atoms with van der Waals surface area (Å²) in [6.45, 7) is 6.76. The molecule has 2 aliphatic heterocycles. The highest BCUT2D eigenvalue weighted by Gasteiger charge is 2.24. The van der Waals surface area contributed by atoms with Crippen molar-refractivity contribution in [2.45, 2.75) is 32.2 Å². The second kappa shape index (κ2) is 11.1. The van der Waals surface area contributed by atoms with Crippen LogP contribution < -0.4 is 15.5 Å². The molecule has 150 valence electrons. The summed E-state index contributed by atoms with van der Waals surface area (Å²) in [6.07, 6.45) is 3.28. The Kier molecular flexibility index (Phi) is 9.14. The van der Waals surface area contributed by atoms with E-state index in [1.165, 1.54) is 5.69 Å². The molecule has 2 heterocycles. The number of aliphatic imine (C=N–C) groups is 1. The predicted octanol–water partition coefficient (Wildman–Crippen LogP) is 2.82. The number of nitrogens with zero attached hydrogens (tertiary/aromatic N) is 3. The lowest BCUT2D eigenvalue weighted by Crippen LogP contribution is -2.45. The maximum absolute atomic E-state index is 12.2. The number of nitrogens with one attached hydrogen (secondary N) is 2. The van der Waals surface area contributed by atoms with Gasteiger partial charge in [0.2, 0.25) is 5.91 Å². The molecular formula is C19H29BrIN5O. The number of guanidine groups is 1. The van der Waals surface area contributed by atoms with Crippen LogP contribution in [0.15, 0.2) is 33.7 Å². The van der Waals surface area contributed by atoms with E-state index in [1.54, 1.807) is 0 Å². The molecule has 1 aromatic rings. The van der Waals surface area contributed by atoms with E-state index in [-0.39, 0.29) is 36.4 Å². The van der Waals surface area contributed by atoms with Gasteiger partial charge in [0, 0.05) is 48.9 Å². The summed E-state index contributed by atoms with van der Waals surface area (Å²) in [5, 5.41) is 6.75. The fourth-order valence-electron chi connectivity index (χ4n) is 3.49. The van der Waals surface area contributed by atoms with Gasteiger partial charge in [0.1, 0.15) is 6.54 Å². The minimum absolute atomic E-state index is 0. The van der Waals surface area contributed by atoms with E-state index in [1.807, 2.05) is 11.8 Å². The van der Waals surface area contributed by atoms with Crippen LogP contribution in [0, 0.1) is 0 Å². The number of hydrogen-bond donors (Lipinski definition) is 2. The molecule has 3 rings (SSSR count). The molecule has 1 amide bonds. The molecule has 0 aliphatic carbocycles. The first kappa shape index (κ1) is 22.3. The van der Waals surface area contributed by atoms with E-state index >= 15 is 0 Å². The minimum atomic E-state index is 0. The van der Waals surface area contributed by atoms with Crippen LogP contribution in [0.3, 0.4) is 0 Å². The van der Waals surface area contributed by atoms with Crippen LogP contribution in [0.25, 0.3) is 0 Å². The van der Waals surface area contributed by atoms with Crippen molar-refractivity contribution in [2.75, 3.05) is 44.2 Å². The van der Waals surface area contributed by atoms with Crippen molar-refractivity contribution in [2.24, 2.45) is 4.99 Å². The van der Waals surface area contributed by atoms with Crippen molar-refractivity contribution >= 4 is 57.5 Å². The highest BCUT2D eigenvalue weighted by Crippen LogP contribution is 2.22. The molecule has 0 aromatic heterocycles. The zero-order valence-corrected chi connectivity index (χ0v) is 19.7. The average molecular weight is 550 g/mol. The lowest BCUT2D eigenvalue weighted by molar-refractivity contribution is -0.128. The third kappa shape index (κ3) is 6.51. The van der Waals surface area contributed by atoms with Gasteiger partial charge in [0.05, 0.1) is 0 Å². The van der Waals surface area contributed by atoms with Gasteiger partial charge >= 0.3 is 0 Å². The van der Waals surface area contributed by atoms with Crippen LogP contribution in [0.4, 0.5) is 5.69 Å². The summed E-state index contributed by atoms with van der Waals surface area (Å²) in [5.74, 6) is 0.866. The Morgan fingerprint density at radius 1 is 1.22 bits per heavy atom. The number of likely N-dealkylation sites (tertiary alicyclic amines) is 1. The summed E-state index contributed by atoms with van der Waals surface area (Å²) in [4.78, 5) is 21.0. The lowest BCUT2D eigenvalue weighted by Gasteiger charge is -2.20. The summed E-state index contributed by atoms with van der Waals surface area (Å²) in [6, 6.07) is 8.76. The van der Waals surface area contributed by atoms with Gasteiger partial charge in [0.15, 0.2) is 5.96 Å². The molecule has 27 heavy (non-hydrogen) atoms. The number of carbonyl (C=O) groups excluding carboxylic acids is 1. The number of anilines is 1. The Hall–Kier alpha value is -1.03. The van der Waals surface area contributed by atoms with Crippen molar-refractivity contribution in [3.63, 3.8) is 0 Å². The molecule has 2 N–H and O–H groups in total. The van der Waals surface area contributed by atoms with Crippen LogP contribution in [0.5, 0.6) is 0 Å². The van der Waals surface area contributed by atoms with Gasteiger partial charge in [-0.2, -0.15) is 0 Å². The molecule has 1 atom stereocenters. The first-order valence-corrected chi connectivity index (χ1v) is 10.3. The molecule has 1 aromatic carbocycles. The Labute approximate surface area is 187 Å². The topological polar surface area (TPSA) is 60.0 Å². The summed E-state index contributed by atoms with van der Waals surface area (Å²) in [5.41, 5.74) is 1.24. The number of rotatable bonds is 5. The molecule has 2 aliphatic rings. The Morgan fingerprint density at radius 3 is 2.59 bits per heavy atom. The predicted molar refractivity (Wildman–Crippen MR) is 125 cm³/mol. The van der Waals surface area contributed by atoms with Crippen molar-refractivity contribution in [1.82, 2.24) is 15.5 Å². The number of halogens is 2. The molecule has 0 saturated carbocycles. The van der Waals surface area contributed by atoms with Crippen molar-refractivity contribution in [3.8, 4) is 0 Å². The maximum atomic E-state index is 12.2. The molecule has 2 saturated heterocycles. The van der Waals surface area contributed by atoms with E-state index in [4.69, 9.17) is 0 Å². The van der Waals surface area contributed by atoms with Crippen molar-refractivity contribution < 1.29 is 4.79 Å². The minimum Gasteiger partial charge on any atom is -0.369 e. The van der Waals surface area contributed by atoms with E-state index in [0.717, 1.165) is 62.4 Å². The van der Waals surface area contributed by atoms with Gasteiger partial charge in [0.25, 0.3) is 0 Å². The molecule has 1 unspecified atom stereocenters. The second-order valence-corrected chi connectivity index (χ2v) is 7.75. The second-order valence-electron chi connectivity index (χ2n) is 6.84. The molecule has 0 bridgehead atoms. The highest BCUT2D eigenvalue weighted by molar-refractivity contribution is 14.0. The third-order valence-electron chi connectivity index (χ3n) is 4.90. The van der Waals surface area contributed by atoms with Crippen LogP contribution in [-0.2, 0) is 4.79 Å². The van der Waals surface area contributed by atoms with Crippen LogP contribution in [-0.4, -0.2) is 62.1 Å². The quantitative estimate of drug-likeness (QED) is 0.337. The average Bonchev–Trinajstić information content (AvgIpc) is 3.32. The first-order valence-electron chi connectivity index (χ1n) is 9.49. The van der Waals surface area contributed by atoms with Crippen LogP contribution in [0.1, 0.15) is 26.2 Å². The largest absolute Gasteiger partial charge is 0.369 e. The van der Waals surface area contributed by atoms with E-state index in [9.17, 15) is 4.79 Å². The monoisotopic (exact) mass is 549 g/mol. The summed E-state index contributed by atoms with van der Waals surface area (Å²) in [7, 11) is 0. The van der Waals surface area contributed by atoms with Gasteiger partial charge in [-0.25, -0.2) is 4.99 Å². The number of amides is 1. The first-order chi connectivity index (χ1) is 12.7. The standard InChI is InChI=1S/C19H28BrN5O.HI/c1-2-21-19(22-13-18(26)24-10-3-4-11-24)23-16-9-12-25(14-16)17-7-5-15(20)6-8-17;/h5-8,16H,2-4,9-14H2,1H3,(H2,21,22,23);1H. The number of hydrogen-bond acceptors (Lipinski definition) is 3. The van der Waals surface area contributed by atoms with Gasteiger partial charge in [-0.3, -0.25) is 4.79 Å². The van der Waals surface area contributed by atoms with E-state index in [2.05, 4.69) is 60.7 Å². The molecular weight excluding hydrogens is 521 g/mol. The molecule has 2 fully saturated rings. The Morgan fingerprint density at radius 2 is 1.93 bits per heavy atom. The molecule has 0 radical (unpaired) electrons. The number of carbonyl (C=O) groups is 1. The van der Waals surface area contributed by atoms with E-state index < -0.39 is 0 Å². The highest BCUT2D eigenvalue weighted by atomic mass is 127. The van der Waals surface area contributed by atoms with Crippen molar-refractivity contribution in [3.05, 3.63) is 28.7 Å². The Bertz CT molecular complexity index is 633. The van der Waals surface area contributed by atoms with Gasteiger partial charge in [-0.15, -0.1) is 24.0 Å². The normalized spacial score (nSPS) is 19.8. The smallest absolute Gasteiger partial charge is 0.244 e. The summed E-state index contributed by atoms with van der Waals surface area (Å²) < 4.78 is 1.10. The Balaban J connectivity index is 0.00000261. The van der Waals surface area contributed by atoms with E-state index in [0.29, 0.717) is 6.04 Å². The van der Waals surface area contributed by atoms with Crippen LogP contribution >= 0.6 is 39.9 Å². The van der Waals surface area contributed by atoms with Gasteiger partial charge in [-0.05, 0) is 50.5 Å². The number of benzene rings is 1. The fourth-order valence-corrected chi connectivity index (χ4v) is 3.76. The zero-order valence-electron chi connectivity index (χ0n) is 15.8. The van der Waals surface area contributed by atoms with Gasteiger partial charge in [-0.1, -0.05) is 15.9 Å². The van der Waals surface area contributed by atoms with Crippen LogP contribution in [0.2, 0.25) is 0 Å².